The van der Waals surface area contributed by atoms with Gasteiger partial charge in [-0.2, -0.15) is 0 Å². The quantitative estimate of drug-likeness (QED) is 0.269. The van der Waals surface area contributed by atoms with Gasteiger partial charge in [0.25, 0.3) is 0 Å². The van der Waals surface area contributed by atoms with Gasteiger partial charge in [0.2, 0.25) is 0 Å². The fourth-order valence-electron chi connectivity index (χ4n) is 6.86. The number of cyclic esters (lactones) is 1. The van der Waals surface area contributed by atoms with Crippen LogP contribution in [-0.4, -0.2) is 24.2 Å². The molecule has 7 nitrogen and oxygen atoms in total. The highest BCUT2D eigenvalue weighted by molar-refractivity contribution is 9.10. The first-order valence-corrected chi connectivity index (χ1v) is 14.9. The summed E-state index contributed by atoms with van der Waals surface area (Å²) in [6.45, 7) is 11.8. The minimum Gasteiger partial charge on any atom is -0.495 e. The van der Waals surface area contributed by atoms with Crippen LogP contribution >= 0.6 is 15.9 Å². The zero-order valence-corrected chi connectivity index (χ0v) is 25.9. The van der Waals surface area contributed by atoms with Gasteiger partial charge < -0.3 is 24.1 Å². The molecule has 2 aromatic rings. The molecule has 2 atom stereocenters. The van der Waals surface area contributed by atoms with Crippen molar-refractivity contribution in [3.63, 3.8) is 0 Å². The lowest BCUT2D eigenvalue weighted by atomic mass is 9.80. The molecule has 5 rings (SSSR count). The Morgan fingerprint density at radius 3 is 2.38 bits per heavy atom. The van der Waals surface area contributed by atoms with Crippen LogP contribution in [0.5, 0.6) is 23.0 Å². The van der Waals surface area contributed by atoms with Crippen molar-refractivity contribution in [3.8, 4) is 23.0 Å². The molecule has 0 saturated heterocycles. The summed E-state index contributed by atoms with van der Waals surface area (Å²) in [7, 11) is 1.45. The lowest BCUT2D eigenvalue weighted by Crippen LogP contribution is -2.36. The van der Waals surface area contributed by atoms with Crippen molar-refractivity contribution in [1.82, 2.24) is 0 Å². The van der Waals surface area contributed by atoms with Crippen molar-refractivity contribution < 1.29 is 33.6 Å². The highest BCUT2D eigenvalue weighted by Crippen LogP contribution is 2.59. The van der Waals surface area contributed by atoms with Crippen molar-refractivity contribution in [1.29, 1.82) is 0 Å². The number of aryl methyl sites for hydroxylation is 1. The van der Waals surface area contributed by atoms with Crippen LogP contribution < -0.4 is 14.2 Å². The molecule has 1 unspecified atom stereocenters. The first-order valence-electron chi connectivity index (χ1n) is 14.1. The van der Waals surface area contributed by atoms with E-state index in [0.29, 0.717) is 39.6 Å². The fourth-order valence-corrected chi connectivity index (χ4v) is 7.23. The number of carbonyl (C=O) groups excluding carboxylic acids is 2. The van der Waals surface area contributed by atoms with Crippen LogP contribution in [0, 0.1) is 29.6 Å². The smallest absolute Gasteiger partial charge is 0.346 e. The van der Waals surface area contributed by atoms with E-state index in [4.69, 9.17) is 18.9 Å². The second kappa shape index (κ2) is 10.4. The molecule has 2 fully saturated rings. The molecule has 0 spiro atoms. The van der Waals surface area contributed by atoms with Gasteiger partial charge in [-0.15, -0.1) is 0 Å². The topological polar surface area (TPSA) is 91.3 Å². The van der Waals surface area contributed by atoms with E-state index in [0.717, 1.165) is 31.2 Å². The molecule has 216 valence electrons. The van der Waals surface area contributed by atoms with Gasteiger partial charge in [0.1, 0.15) is 23.2 Å². The minimum absolute atomic E-state index is 0.0835. The van der Waals surface area contributed by atoms with Crippen molar-refractivity contribution >= 4 is 27.9 Å². The Labute approximate surface area is 244 Å². The van der Waals surface area contributed by atoms with Crippen LogP contribution in [0.2, 0.25) is 0 Å². The summed E-state index contributed by atoms with van der Waals surface area (Å²) < 4.78 is 24.9. The van der Waals surface area contributed by atoms with Crippen molar-refractivity contribution in [3.05, 3.63) is 44.9 Å². The number of aliphatic hydroxyl groups excluding tert-OH is 1. The predicted octanol–water partition coefficient (Wildman–Crippen LogP) is 7.99. The Morgan fingerprint density at radius 1 is 1.18 bits per heavy atom. The number of hydrogen-bond acceptors (Lipinski definition) is 7. The number of ether oxygens (including phenoxy) is 4. The van der Waals surface area contributed by atoms with Gasteiger partial charge >= 0.3 is 11.9 Å². The predicted molar refractivity (Wildman–Crippen MR) is 154 cm³/mol. The Morgan fingerprint density at radius 2 is 1.80 bits per heavy atom. The number of hydrogen-bond donors (Lipinski definition) is 1. The zero-order chi connectivity index (χ0) is 29.1. The largest absolute Gasteiger partial charge is 0.495 e. The Kier molecular flexibility index (Phi) is 7.49. The Bertz CT molecular complexity index is 1340. The minimum atomic E-state index is -0.862. The van der Waals surface area contributed by atoms with Crippen molar-refractivity contribution in [2.75, 3.05) is 7.11 Å². The molecule has 2 saturated carbocycles. The van der Waals surface area contributed by atoms with Crippen LogP contribution in [0.1, 0.15) is 106 Å². The van der Waals surface area contributed by atoms with E-state index in [1.165, 1.54) is 7.11 Å². The number of aliphatic hydroxyl groups is 1. The number of rotatable bonds is 5. The van der Waals surface area contributed by atoms with Crippen LogP contribution in [0.15, 0.2) is 22.7 Å². The molecular formula is C32H39BrO7. The van der Waals surface area contributed by atoms with E-state index in [9.17, 15) is 14.7 Å². The normalized spacial score (nSPS) is 26.1. The molecule has 8 heteroatoms. The summed E-state index contributed by atoms with van der Waals surface area (Å²) in [5.41, 5.74) is 1.29. The van der Waals surface area contributed by atoms with E-state index < -0.39 is 23.6 Å². The molecule has 0 aromatic heterocycles. The van der Waals surface area contributed by atoms with Gasteiger partial charge in [0.05, 0.1) is 23.1 Å². The molecule has 0 amide bonds. The molecule has 3 aliphatic rings. The average molecular weight is 616 g/mol. The number of esters is 2. The number of halogens is 1. The summed E-state index contributed by atoms with van der Waals surface area (Å²) in [6.07, 6.45) is 3.08. The van der Waals surface area contributed by atoms with Gasteiger partial charge in [-0.05, 0) is 110 Å². The Balaban J connectivity index is 1.61. The highest BCUT2D eigenvalue weighted by Gasteiger charge is 2.57. The third-order valence-electron chi connectivity index (χ3n) is 9.10. The molecule has 1 aliphatic heterocycles. The number of benzene rings is 2. The Hall–Kier alpha value is -2.58. The van der Waals surface area contributed by atoms with Crippen molar-refractivity contribution in [2.24, 2.45) is 22.7 Å². The van der Waals surface area contributed by atoms with Crippen LogP contribution in [0.3, 0.4) is 0 Å². The molecule has 2 bridgehead atoms. The van der Waals surface area contributed by atoms with E-state index >= 15 is 0 Å². The maximum Gasteiger partial charge on any atom is 0.346 e. The average Bonchev–Trinajstić information content (AvgIpc) is 3.38. The highest BCUT2D eigenvalue weighted by atomic mass is 79.9. The van der Waals surface area contributed by atoms with E-state index in [2.05, 4.69) is 15.9 Å². The van der Waals surface area contributed by atoms with Gasteiger partial charge in [-0.1, -0.05) is 20.8 Å². The second-order valence-electron chi connectivity index (χ2n) is 13.0. The zero-order valence-electron chi connectivity index (χ0n) is 24.4. The van der Waals surface area contributed by atoms with Crippen LogP contribution in [0.4, 0.5) is 0 Å². The van der Waals surface area contributed by atoms with Gasteiger partial charge in [0, 0.05) is 11.1 Å². The van der Waals surface area contributed by atoms with E-state index in [1.54, 1.807) is 19.1 Å². The summed E-state index contributed by atoms with van der Waals surface area (Å²) in [4.78, 5) is 27.3. The van der Waals surface area contributed by atoms with Gasteiger partial charge in [-0.25, -0.2) is 4.79 Å². The van der Waals surface area contributed by atoms with Crippen LogP contribution in [0.25, 0.3) is 0 Å². The summed E-state index contributed by atoms with van der Waals surface area (Å²) in [5.74, 6) is 0.753. The number of carbonyl (C=O) groups is 2. The SMILES string of the molecule is COc1c([C@@H](O)CC(C)(C)C)ccc2c1C(=O)OC(C)c1cc(C)c(Br)c(OC(=O)C3(C)C4CCC3CC4)c1O2. The molecule has 40 heavy (non-hydrogen) atoms. The molecule has 1 heterocycles. The summed E-state index contributed by atoms with van der Waals surface area (Å²) in [6, 6.07) is 5.22. The molecule has 0 radical (unpaired) electrons. The number of methoxy groups -OCH3 is 1. The third kappa shape index (κ3) is 4.81. The van der Waals surface area contributed by atoms with Crippen LogP contribution in [-0.2, 0) is 9.53 Å². The molecule has 1 N–H and O–H groups in total. The maximum absolute atomic E-state index is 13.8. The fraction of sp³-hybridized carbons (Fsp3) is 0.562. The van der Waals surface area contributed by atoms with Gasteiger partial charge in [0.15, 0.2) is 11.5 Å². The summed E-state index contributed by atoms with van der Waals surface area (Å²) >= 11 is 3.64. The van der Waals surface area contributed by atoms with E-state index in [-0.39, 0.29) is 34.2 Å². The third-order valence-corrected chi connectivity index (χ3v) is 10.1. The number of fused-ring (bicyclic) bond motifs is 4. The van der Waals surface area contributed by atoms with Gasteiger partial charge in [-0.3, -0.25) is 4.79 Å². The van der Waals surface area contributed by atoms with E-state index in [1.807, 2.05) is 40.7 Å². The standard InChI is InChI=1S/C32H39BrO7/c1-16-14-21-17(2)38-29(35)24-23(13-12-20(26(24)37-7)22(34)15-31(3,4)5)39-27(21)28(25(16)33)40-30(36)32(6)18-8-9-19(32)11-10-18/h12-14,17-19,22,34H,8-11,15H2,1-7H3/t17?,18?,19?,22-,32?/m0/s1. The lowest BCUT2D eigenvalue weighted by Gasteiger charge is -2.30. The second-order valence-corrected chi connectivity index (χ2v) is 13.8. The maximum atomic E-state index is 13.8. The molecule has 2 aromatic carbocycles. The summed E-state index contributed by atoms with van der Waals surface area (Å²) in [5, 5.41) is 11.0. The monoisotopic (exact) mass is 614 g/mol. The lowest BCUT2D eigenvalue weighted by molar-refractivity contribution is -0.147. The van der Waals surface area contributed by atoms with Crippen molar-refractivity contribution in [2.45, 2.75) is 85.9 Å². The molecule has 2 aliphatic carbocycles. The first-order chi connectivity index (χ1) is 18.8. The first kappa shape index (κ1) is 28.9. The molecular weight excluding hydrogens is 576 g/mol.